The number of hydrogen-bond donors (Lipinski definition) is 2. The van der Waals surface area contributed by atoms with Crippen LogP contribution >= 0.6 is 11.6 Å². The second-order valence-corrected chi connectivity index (χ2v) is 6.53. The minimum absolute atomic E-state index is 0.101. The summed E-state index contributed by atoms with van der Waals surface area (Å²) >= 11 is 6.12. The smallest absolute Gasteiger partial charge is 0.258 e. The molecule has 4 nitrogen and oxygen atoms in total. The van der Waals surface area contributed by atoms with Crippen molar-refractivity contribution in [1.82, 2.24) is 5.32 Å². The van der Waals surface area contributed by atoms with Crippen molar-refractivity contribution in [3.63, 3.8) is 0 Å². The number of carbonyl (C=O) groups excluding carboxylic acids is 2. The maximum atomic E-state index is 13.8. The van der Waals surface area contributed by atoms with Crippen molar-refractivity contribution in [3.05, 3.63) is 100 Å². The number of nitrogens with one attached hydrogen (secondary N) is 2. The normalized spacial score (nSPS) is 10.4. The van der Waals surface area contributed by atoms with E-state index in [9.17, 15) is 14.0 Å². The molecule has 0 aliphatic rings. The van der Waals surface area contributed by atoms with E-state index in [2.05, 4.69) is 10.6 Å². The second kappa shape index (κ2) is 9.15. The van der Waals surface area contributed by atoms with Gasteiger partial charge in [-0.1, -0.05) is 54.1 Å². The summed E-state index contributed by atoms with van der Waals surface area (Å²) in [6, 6.07) is 20.0. The zero-order valence-electron chi connectivity index (χ0n) is 14.9. The van der Waals surface area contributed by atoms with Crippen LogP contribution in [0.2, 0.25) is 5.02 Å². The van der Waals surface area contributed by atoms with E-state index in [1.54, 1.807) is 12.1 Å². The molecule has 0 saturated carbocycles. The van der Waals surface area contributed by atoms with Crippen LogP contribution in [-0.2, 0) is 6.42 Å². The Balaban J connectivity index is 1.66. The van der Waals surface area contributed by atoms with Gasteiger partial charge in [-0.2, -0.15) is 0 Å². The SMILES string of the molecule is O=C(NCCc1ccccc1)c1ccc(Cl)c(NC(=O)c2ccccc2F)c1. The number of anilines is 1. The average Bonchev–Trinajstić information content (AvgIpc) is 2.70. The largest absolute Gasteiger partial charge is 0.352 e. The van der Waals surface area contributed by atoms with Gasteiger partial charge in [-0.3, -0.25) is 9.59 Å². The van der Waals surface area contributed by atoms with Crippen LogP contribution in [0.4, 0.5) is 10.1 Å². The van der Waals surface area contributed by atoms with Crippen molar-refractivity contribution in [2.24, 2.45) is 0 Å². The molecule has 0 saturated heterocycles. The van der Waals surface area contributed by atoms with Gasteiger partial charge in [0.15, 0.2) is 0 Å². The highest BCUT2D eigenvalue weighted by atomic mass is 35.5. The molecule has 0 fully saturated rings. The van der Waals surface area contributed by atoms with Crippen LogP contribution < -0.4 is 10.6 Å². The standard InChI is InChI=1S/C22H18ClFN2O2/c23-18-11-10-16(21(27)25-13-12-15-6-2-1-3-7-15)14-20(18)26-22(28)17-8-4-5-9-19(17)24/h1-11,14H,12-13H2,(H,25,27)(H,26,28). The maximum Gasteiger partial charge on any atom is 0.258 e. The fourth-order valence-corrected chi connectivity index (χ4v) is 2.83. The van der Waals surface area contributed by atoms with Crippen LogP contribution in [0.1, 0.15) is 26.3 Å². The Labute approximate surface area is 167 Å². The van der Waals surface area contributed by atoms with Gasteiger partial charge in [-0.15, -0.1) is 0 Å². The number of halogens is 2. The molecule has 2 N–H and O–H groups in total. The van der Waals surface area contributed by atoms with Crippen LogP contribution in [0.15, 0.2) is 72.8 Å². The van der Waals surface area contributed by atoms with Gasteiger partial charge in [-0.05, 0) is 42.3 Å². The highest BCUT2D eigenvalue weighted by Crippen LogP contribution is 2.24. The number of carbonyl (C=O) groups is 2. The average molecular weight is 397 g/mol. The molecular weight excluding hydrogens is 379 g/mol. The molecule has 0 unspecified atom stereocenters. The second-order valence-electron chi connectivity index (χ2n) is 6.12. The molecule has 0 aromatic heterocycles. The molecule has 0 heterocycles. The zero-order valence-corrected chi connectivity index (χ0v) is 15.7. The minimum Gasteiger partial charge on any atom is -0.352 e. The summed E-state index contributed by atoms with van der Waals surface area (Å²) in [6.45, 7) is 0.475. The van der Waals surface area contributed by atoms with Crippen molar-refractivity contribution >= 4 is 29.1 Å². The monoisotopic (exact) mass is 396 g/mol. The first-order chi connectivity index (χ1) is 13.5. The van der Waals surface area contributed by atoms with Gasteiger partial charge >= 0.3 is 0 Å². The van der Waals surface area contributed by atoms with Gasteiger partial charge in [0.1, 0.15) is 5.82 Å². The quantitative estimate of drug-likeness (QED) is 0.634. The molecule has 3 rings (SSSR count). The van der Waals surface area contributed by atoms with Gasteiger partial charge in [-0.25, -0.2) is 4.39 Å². The number of amides is 2. The summed E-state index contributed by atoms with van der Waals surface area (Å²) in [5.41, 5.74) is 1.61. The molecule has 3 aromatic rings. The van der Waals surface area contributed by atoms with Crippen LogP contribution in [0.3, 0.4) is 0 Å². The third kappa shape index (κ3) is 4.96. The molecule has 0 spiro atoms. The Morgan fingerprint density at radius 1 is 0.893 bits per heavy atom. The third-order valence-electron chi connectivity index (χ3n) is 4.14. The lowest BCUT2D eigenvalue weighted by Gasteiger charge is -2.11. The summed E-state index contributed by atoms with van der Waals surface area (Å²) in [5, 5.41) is 5.64. The van der Waals surface area contributed by atoms with Crippen LogP contribution in [0, 0.1) is 5.82 Å². The van der Waals surface area contributed by atoms with Crippen molar-refractivity contribution in [3.8, 4) is 0 Å². The van der Waals surface area contributed by atoms with Crippen molar-refractivity contribution in [2.45, 2.75) is 6.42 Å². The van der Waals surface area contributed by atoms with Gasteiger partial charge in [0.05, 0.1) is 16.3 Å². The summed E-state index contributed by atoms with van der Waals surface area (Å²) < 4.78 is 13.8. The molecule has 0 aliphatic carbocycles. The highest BCUT2D eigenvalue weighted by molar-refractivity contribution is 6.34. The lowest BCUT2D eigenvalue weighted by atomic mass is 10.1. The van der Waals surface area contributed by atoms with E-state index in [4.69, 9.17) is 11.6 Å². The highest BCUT2D eigenvalue weighted by Gasteiger charge is 2.14. The van der Waals surface area contributed by atoms with E-state index < -0.39 is 11.7 Å². The van der Waals surface area contributed by atoms with E-state index in [0.29, 0.717) is 18.5 Å². The minimum atomic E-state index is -0.637. The lowest BCUT2D eigenvalue weighted by molar-refractivity contribution is 0.0952. The molecular formula is C22H18ClFN2O2. The van der Waals surface area contributed by atoms with Gasteiger partial charge in [0.25, 0.3) is 11.8 Å². The number of hydrogen-bond acceptors (Lipinski definition) is 2. The summed E-state index contributed by atoms with van der Waals surface area (Å²) in [6.07, 6.45) is 0.705. The Morgan fingerprint density at radius 2 is 1.61 bits per heavy atom. The van der Waals surface area contributed by atoms with E-state index in [0.717, 1.165) is 5.56 Å². The Bertz CT molecular complexity index is 993. The Kier molecular flexibility index (Phi) is 6.40. The predicted octanol–water partition coefficient (Wildman–Crippen LogP) is 4.70. The molecule has 0 aliphatic heterocycles. The van der Waals surface area contributed by atoms with Crippen LogP contribution in [0.5, 0.6) is 0 Å². The lowest BCUT2D eigenvalue weighted by Crippen LogP contribution is -2.26. The van der Waals surface area contributed by atoms with Gasteiger partial charge in [0.2, 0.25) is 0 Å². The fraction of sp³-hybridized carbons (Fsp3) is 0.0909. The summed E-state index contributed by atoms with van der Waals surface area (Å²) in [4.78, 5) is 24.7. The summed E-state index contributed by atoms with van der Waals surface area (Å²) in [5.74, 6) is -1.55. The van der Waals surface area contributed by atoms with Crippen LogP contribution in [0.25, 0.3) is 0 Å². The predicted molar refractivity (Wildman–Crippen MR) is 108 cm³/mol. The van der Waals surface area contributed by atoms with Gasteiger partial charge in [0, 0.05) is 12.1 Å². The van der Waals surface area contributed by atoms with Crippen molar-refractivity contribution in [1.29, 1.82) is 0 Å². The molecule has 2 amide bonds. The maximum absolute atomic E-state index is 13.8. The van der Waals surface area contributed by atoms with E-state index in [1.807, 2.05) is 30.3 Å². The molecule has 142 valence electrons. The van der Waals surface area contributed by atoms with Crippen molar-refractivity contribution < 1.29 is 14.0 Å². The fourth-order valence-electron chi connectivity index (χ4n) is 2.66. The molecule has 3 aromatic carbocycles. The van der Waals surface area contributed by atoms with E-state index in [1.165, 1.54) is 30.3 Å². The van der Waals surface area contributed by atoms with E-state index in [-0.39, 0.29) is 22.2 Å². The molecule has 28 heavy (non-hydrogen) atoms. The van der Waals surface area contributed by atoms with Crippen molar-refractivity contribution in [2.75, 3.05) is 11.9 Å². The first-order valence-corrected chi connectivity index (χ1v) is 9.10. The zero-order chi connectivity index (χ0) is 19.9. The molecule has 6 heteroatoms. The van der Waals surface area contributed by atoms with Gasteiger partial charge < -0.3 is 10.6 Å². The first kappa shape index (κ1) is 19.6. The Morgan fingerprint density at radius 3 is 2.36 bits per heavy atom. The molecule has 0 radical (unpaired) electrons. The molecule has 0 atom stereocenters. The number of rotatable bonds is 6. The molecule has 0 bridgehead atoms. The third-order valence-corrected chi connectivity index (χ3v) is 4.47. The topological polar surface area (TPSA) is 58.2 Å². The summed E-state index contributed by atoms with van der Waals surface area (Å²) in [7, 11) is 0. The van der Waals surface area contributed by atoms with E-state index >= 15 is 0 Å². The van der Waals surface area contributed by atoms with Crippen LogP contribution in [-0.4, -0.2) is 18.4 Å². The number of benzene rings is 3. The Hall–Kier alpha value is -3.18. The first-order valence-electron chi connectivity index (χ1n) is 8.72.